The molecule has 0 aliphatic carbocycles. The van der Waals surface area contributed by atoms with Gasteiger partial charge in [-0.1, -0.05) is 0 Å². The van der Waals surface area contributed by atoms with Gasteiger partial charge in [-0.2, -0.15) is 0 Å². The lowest BCUT2D eigenvalue weighted by Gasteiger charge is -2.46. The molecule has 1 fully saturated rings. The number of carbonyl (C=O) groups is 1. The molecule has 9 nitrogen and oxygen atoms in total. The molecule has 1 aromatic carbocycles. The fraction of sp³-hybridized carbons (Fsp3) is 0.500. The maximum absolute atomic E-state index is 12.1. The van der Waals surface area contributed by atoms with Crippen LogP contribution >= 0.6 is 0 Å². The van der Waals surface area contributed by atoms with E-state index in [1.54, 1.807) is 32.9 Å². The summed E-state index contributed by atoms with van der Waals surface area (Å²) in [6.45, 7) is 6.43. The largest absolute Gasteiger partial charge is 0.462 e. The van der Waals surface area contributed by atoms with Gasteiger partial charge in [0.25, 0.3) is 0 Å². The second kappa shape index (κ2) is 7.75. The zero-order valence-electron chi connectivity index (χ0n) is 16.9. The summed E-state index contributed by atoms with van der Waals surface area (Å²) in [5.41, 5.74) is -0.781. The number of hydrogen-bond donors (Lipinski definition) is 3. The summed E-state index contributed by atoms with van der Waals surface area (Å²) in [6, 6.07) is 4.80. The van der Waals surface area contributed by atoms with Crippen molar-refractivity contribution in [1.82, 2.24) is 0 Å². The molecule has 2 aromatic rings. The van der Waals surface area contributed by atoms with Crippen LogP contribution in [0.15, 0.2) is 27.4 Å². The maximum Gasteiger partial charge on any atom is 0.360 e. The lowest BCUT2D eigenvalue weighted by atomic mass is 9.89. The van der Waals surface area contributed by atoms with Crippen LogP contribution in [-0.4, -0.2) is 53.4 Å². The Morgan fingerprint density at radius 3 is 2.55 bits per heavy atom. The zero-order valence-corrected chi connectivity index (χ0v) is 16.9. The van der Waals surface area contributed by atoms with Crippen LogP contribution in [0, 0.1) is 6.92 Å². The predicted molar refractivity (Wildman–Crippen MR) is 104 cm³/mol. The number of carbonyl (C=O) groups excluding carboxylic acids is 1. The normalized spacial score (nSPS) is 26.3. The van der Waals surface area contributed by atoms with Crippen LogP contribution in [0.4, 0.5) is 5.69 Å². The second-order valence-corrected chi connectivity index (χ2v) is 7.58. The molecule has 1 aromatic heterocycles. The van der Waals surface area contributed by atoms with E-state index in [0.717, 1.165) is 0 Å². The molecule has 4 atom stereocenters. The number of aryl methyl sites for hydroxylation is 1. The summed E-state index contributed by atoms with van der Waals surface area (Å²) in [6.07, 6.45) is -4.46. The Bertz CT molecular complexity index is 982. The van der Waals surface area contributed by atoms with Gasteiger partial charge in [0.2, 0.25) is 12.2 Å². The summed E-state index contributed by atoms with van der Waals surface area (Å²) in [4.78, 5) is 23.4. The molecular formula is C20H25NO8. The Labute approximate surface area is 167 Å². The number of rotatable bonds is 4. The summed E-state index contributed by atoms with van der Waals surface area (Å²) in [5.74, 6) is -0.0665. The Morgan fingerprint density at radius 2 is 1.93 bits per heavy atom. The first-order valence-corrected chi connectivity index (χ1v) is 9.13. The van der Waals surface area contributed by atoms with E-state index < -0.39 is 35.8 Å². The topological polar surface area (TPSA) is 127 Å². The van der Waals surface area contributed by atoms with Crippen LogP contribution in [0.2, 0.25) is 0 Å². The number of methoxy groups -OCH3 is 1. The minimum absolute atomic E-state index is 0.0413. The molecule has 0 saturated carbocycles. The Morgan fingerprint density at radius 1 is 1.24 bits per heavy atom. The lowest BCUT2D eigenvalue weighted by molar-refractivity contribution is -0.306. The van der Waals surface area contributed by atoms with Gasteiger partial charge >= 0.3 is 5.63 Å². The molecular weight excluding hydrogens is 382 g/mol. The number of aliphatic hydroxyl groups is 2. The summed E-state index contributed by atoms with van der Waals surface area (Å²) in [7, 11) is 1.43. The van der Waals surface area contributed by atoms with E-state index in [-0.39, 0.29) is 17.2 Å². The molecule has 1 unspecified atom stereocenters. The van der Waals surface area contributed by atoms with Crippen molar-refractivity contribution >= 4 is 22.6 Å². The smallest absolute Gasteiger partial charge is 0.360 e. The molecule has 0 bridgehead atoms. The highest BCUT2D eigenvalue weighted by molar-refractivity contribution is 5.91. The number of anilines is 1. The third-order valence-electron chi connectivity index (χ3n) is 4.95. The van der Waals surface area contributed by atoms with E-state index in [1.807, 2.05) is 0 Å². The minimum Gasteiger partial charge on any atom is -0.462 e. The van der Waals surface area contributed by atoms with Crippen molar-refractivity contribution in [3.8, 4) is 5.75 Å². The van der Waals surface area contributed by atoms with Gasteiger partial charge in [0, 0.05) is 25.0 Å². The molecule has 1 aliphatic heterocycles. The molecule has 29 heavy (non-hydrogen) atoms. The Kier molecular flexibility index (Phi) is 5.68. The standard InChI is InChI=1S/C20H25NO8/c1-9-13(27-19-15(24)14(23)17(26-5)20(3,4)29-19)7-6-11-8-12(21-10(2)22)18(25)28-16(9)11/h6-8,14-15,17,19,23-24H,1-5H3,(H,21,22)/t14-,15+,17+,19?/m1/s1. The number of ether oxygens (including phenoxy) is 3. The monoisotopic (exact) mass is 407 g/mol. The molecule has 2 heterocycles. The third-order valence-corrected chi connectivity index (χ3v) is 4.95. The number of nitrogens with one attached hydrogen (secondary N) is 1. The molecule has 0 radical (unpaired) electrons. The first kappa shape index (κ1) is 21.3. The number of hydrogen-bond acceptors (Lipinski definition) is 8. The predicted octanol–water partition coefficient (Wildman–Crippen LogP) is 1.31. The van der Waals surface area contributed by atoms with E-state index in [1.165, 1.54) is 20.1 Å². The van der Waals surface area contributed by atoms with E-state index in [9.17, 15) is 19.8 Å². The quantitative estimate of drug-likeness (QED) is 0.648. The average Bonchev–Trinajstić information content (AvgIpc) is 2.63. The first-order valence-electron chi connectivity index (χ1n) is 9.13. The zero-order chi connectivity index (χ0) is 21.5. The van der Waals surface area contributed by atoms with Gasteiger partial charge in [-0.25, -0.2) is 4.79 Å². The number of aliphatic hydroxyl groups excluding tert-OH is 2. The lowest BCUT2D eigenvalue weighted by Crippen LogP contribution is -2.63. The fourth-order valence-electron chi connectivity index (χ4n) is 3.54. The van der Waals surface area contributed by atoms with Gasteiger partial charge in [-0.3, -0.25) is 4.79 Å². The Hall–Kier alpha value is -2.46. The average molecular weight is 407 g/mol. The van der Waals surface area contributed by atoms with Gasteiger partial charge < -0.3 is 34.2 Å². The Balaban J connectivity index is 1.93. The van der Waals surface area contributed by atoms with E-state index in [4.69, 9.17) is 18.6 Å². The van der Waals surface area contributed by atoms with Crippen molar-refractivity contribution in [3.05, 3.63) is 34.2 Å². The third kappa shape index (κ3) is 3.99. The molecule has 3 rings (SSSR count). The summed E-state index contributed by atoms with van der Waals surface area (Å²) < 4.78 is 22.2. The van der Waals surface area contributed by atoms with Gasteiger partial charge in [0.05, 0.1) is 5.60 Å². The molecule has 3 N–H and O–H groups in total. The SMILES string of the molecule is CO[C@H]1[C@H](O)[C@H](O)C(Oc2ccc3cc(NC(C)=O)c(=O)oc3c2C)OC1(C)C. The van der Waals surface area contributed by atoms with Gasteiger partial charge in [-0.15, -0.1) is 0 Å². The van der Waals surface area contributed by atoms with Crippen LogP contribution < -0.4 is 15.7 Å². The molecule has 1 amide bonds. The molecule has 9 heteroatoms. The first-order chi connectivity index (χ1) is 13.5. The van der Waals surface area contributed by atoms with Crippen molar-refractivity contribution < 1.29 is 33.6 Å². The van der Waals surface area contributed by atoms with Crippen LogP contribution in [-0.2, 0) is 14.3 Å². The summed E-state index contributed by atoms with van der Waals surface area (Å²) in [5, 5.41) is 23.8. The van der Waals surface area contributed by atoms with Crippen molar-refractivity contribution in [2.24, 2.45) is 0 Å². The number of fused-ring (bicyclic) bond motifs is 1. The van der Waals surface area contributed by atoms with Crippen molar-refractivity contribution in [3.63, 3.8) is 0 Å². The van der Waals surface area contributed by atoms with E-state index in [0.29, 0.717) is 16.7 Å². The highest BCUT2D eigenvalue weighted by Crippen LogP contribution is 2.34. The number of amides is 1. The van der Waals surface area contributed by atoms with Crippen LogP contribution in [0.25, 0.3) is 11.0 Å². The maximum atomic E-state index is 12.1. The second-order valence-electron chi connectivity index (χ2n) is 7.58. The fourth-order valence-corrected chi connectivity index (χ4v) is 3.54. The van der Waals surface area contributed by atoms with Crippen LogP contribution in [0.3, 0.4) is 0 Å². The van der Waals surface area contributed by atoms with Crippen molar-refractivity contribution in [2.75, 3.05) is 12.4 Å². The van der Waals surface area contributed by atoms with Crippen LogP contribution in [0.5, 0.6) is 5.75 Å². The highest BCUT2D eigenvalue weighted by atomic mass is 16.7. The van der Waals surface area contributed by atoms with Gasteiger partial charge in [0.15, 0.2) is 0 Å². The van der Waals surface area contributed by atoms with Crippen molar-refractivity contribution in [2.45, 2.75) is 57.9 Å². The molecule has 1 aliphatic rings. The molecule has 0 spiro atoms. The van der Waals surface area contributed by atoms with Gasteiger partial charge in [-0.05, 0) is 39.0 Å². The van der Waals surface area contributed by atoms with E-state index >= 15 is 0 Å². The van der Waals surface area contributed by atoms with E-state index in [2.05, 4.69) is 5.32 Å². The molecule has 158 valence electrons. The van der Waals surface area contributed by atoms with Crippen molar-refractivity contribution in [1.29, 1.82) is 0 Å². The number of benzene rings is 1. The minimum atomic E-state index is -1.35. The van der Waals surface area contributed by atoms with Crippen LogP contribution in [0.1, 0.15) is 26.3 Å². The molecule has 1 saturated heterocycles. The highest BCUT2D eigenvalue weighted by Gasteiger charge is 2.50. The summed E-state index contributed by atoms with van der Waals surface area (Å²) >= 11 is 0. The van der Waals surface area contributed by atoms with Gasteiger partial charge in [0.1, 0.15) is 35.3 Å².